The molecule has 0 aliphatic heterocycles. The molecular formula is C10H15N2O4-. The number of hydrogen-bond acceptors (Lipinski definition) is 5. The number of ether oxygens (including phenoxy) is 1. The third kappa shape index (κ3) is 3.42. The number of amides is 2. The van der Waals surface area contributed by atoms with Crippen LogP contribution in [0.1, 0.15) is 27.7 Å². The summed E-state index contributed by atoms with van der Waals surface area (Å²) in [7, 11) is 0. The van der Waals surface area contributed by atoms with Gasteiger partial charge in [-0.25, -0.2) is 9.69 Å². The van der Waals surface area contributed by atoms with Gasteiger partial charge in [-0.2, -0.15) is 5.26 Å². The zero-order chi connectivity index (χ0) is 12.9. The van der Waals surface area contributed by atoms with E-state index in [9.17, 15) is 14.7 Å². The van der Waals surface area contributed by atoms with Crippen LogP contribution in [-0.2, 0) is 4.74 Å². The maximum absolute atomic E-state index is 11.4. The van der Waals surface area contributed by atoms with E-state index in [4.69, 9.17) is 5.26 Å². The van der Waals surface area contributed by atoms with Crippen molar-refractivity contribution >= 4 is 12.2 Å². The van der Waals surface area contributed by atoms with Crippen LogP contribution < -0.4 is 5.11 Å². The Morgan fingerprint density at radius 2 is 2.00 bits per heavy atom. The third-order valence-electron chi connectivity index (χ3n) is 1.86. The van der Waals surface area contributed by atoms with Crippen molar-refractivity contribution in [3.05, 3.63) is 0 Å². The Balaban J connectivity index is 5.13. The van der Waals surface area contributed by atoms with Gasteiger partial charge in [0.15, 0.2) is 0 Å². The summed E-state index contributed by atoms with van der Waals surface area (Å²) in [4.78, 5) is 22.5. The molecule has 0 N–H and O–H groups in total. The standard InChI is InChI=1S/C10H16N2O4/c1-5-16-9(15)12(8(13)14)7(6-11)10(2,3)4/h7H,5H2,1-4H3,(H,13,14)/p-1. The predicted molar refractivity (Wildman–Crippen MR) is 53.1 cm³/mol. The lowest BCUT2D eigenvalue weighted by Gasteiger charge is -2.34. The number of nitrogens with zero attached hydrogens (tertiary/aromatic N) is 2. The summed E-state index contributed by atoms with van der Waals surface area (Å²) in [6, 6.07) is 0.625. The minimum atomic E-state index is -1.74. The normalized spacial score (nSPS) is 12.4. The summed E-state index contributed by atoms with van der Waals surface area (Å²) in [6.45, 7) is 6.52. The molecule has 1 unspecified atom stereocenters. The van der Waals surface area contributed by atoms with Crippen LogP contribution in [0.4, 0.5) is 9.59 Å². The van der Waals surface area contributed by atoms with Crippen molar-refractivity contribution in [3.8, 4) is 6.07 Å². The molecule has 0 aliphatic carbocycles. The van der Waals surface area contributed by atoms with Gasteiger partial charge in [0.25, 0.3) is 0 Å². The second-order valence-electron chi connectivity index (χ2n) is 4.23. The molecule has 6 nitrogen and oxygen atoms in total. The molecule has 90 valence electrons. The predicted octanol–water partition coefficient (Wildman–Crippen LogP) is 0.726. The second kappa shape index (κ2) is 5.35. The lowest BCUT2D eigenvalue weighted by Crippen LogP contribution is -2.54. The van der Waals surface area contributed by atoms with Crippen molar-refractivity contribution in [2.45, 2.75) is 33.7 Å². The lowest BCUT2D eigenvalue weighted by molar-refractivity contribution is -0.265. The van der Waals surface area contributed by atoms with Crippen LogP contribution in [0.25, 0.3) is 0 Å². The van der Waals surface area contributed by atoms with Gasteiger partial charge in [0, 0.05) is 0 Å². The third-order valence-corrected chi connectivity index (χ3v) is 1.86. The Labute approximate surface area is 94.4 Å². The molecule has 6 heteroatoms. The summed E-state index contributed by atoms with van der Waals surface area (Å²) in [5.74, 6) is 0. The first kappa shape index (κ1) is 14.2. The monoisotopic (exact) mass is 227 g/mol. The Hall–Kier alpha value is -1.77. The summed E-state index contributed by atoms with van der Waals surface area (Å²) in [6.07, 6.45) is -2.82. The molecule has 0 saturated heterocycles. The topological polar surface area (TPSA) is 93.5 Å². The number of carbonyl (C=O) groups is 2. The van der Waals surface area contributed by atoms with Crippen LogP contribution in [0.3, 0.4) is 0 Å². The van der Waals surface area contributed by atoms with Crippen molar-refractivity contribution in [2.24, 2.45) is 5.41 Å². The molecule has 0 spiro atoms. The highest BCUT2D eigenvalue weighted by molar-refractivity contribution is 5.86. The van der Waals surface area contributed by atoms with E-state index in [2.05, 4.69) is 4.74 Å². The van der Waals surface area contributed by atoms with Crippen molar-refractivity contribution in [3.63, 3.8) is 0 Å². The highest BCUT2D eigenvalue weighted by Crippen LogP contribution is 2.24. The Morgan fingerprint density at radius 1 is 1.50 bits per heavy atom. The minimum Gasteiger partial charge on any atom is -0.529 e. The van der Waals surface area contributed by atoms with Gasteiger partial charge in [0.2, 0.25) is 0 Å². The zero-order valence-electron chi connectivity index (χ0n) is 9.81. The molecule has 16 heavy (non-hydrogen) atoms. The van der Waals surface area contributed by atoms with E-state index in [0.717, 1.165) is 0 Å². The largest absolute Gasteiger partial charge is 0.529 e. The fourth-order valence-corrected chi connectivity index (χ4v) is 1.12. The number of carboxylic acid groups (broad SMARTS) is 1. The van der Waals surface area contributed by atoms with Gasteiger partial charge >= 0.3 is 6.09 Å². The molecule has 0 radical (unpaired) electrons. The van der Waals surface area contributed by atoms with E-state index < -0.39 is 23.6 Å². The average Bonchev–Trinajstić information content (AvgIpc) is 2.11. The van der Waals surface area contributed by atoms with E-state index >= 15 is 0 Å². The van der Waals surface area contributed by atoms with Gasteiger partial charge < -0.3 is 14.6 Å². The maximum atomic E-state index is 11.4. The van der Waals surface area contributed by atoms with Crippen molar-refractivity contribution in [1.29, 1.82) is 5.26 Å². The Kier molecular flexibility index (Phi) is 4.76. The van der Waals surface area contributed by atoms with Crippen molar-refractivity contribution in [2.75, 3.05) is 6.61 Å². The second-order valence-corrected chi connectivity index (χ2v) is 4.23. The first-order valence-electron chi connectivity index (χ1n) is 4.82. The van der Waals surface area contributed by atoms with E-state index in [1.165, 1.54) is 0 Å². The lowest BCUT2D eigenvalue weighted by atomic mass is 9.87. The number of hydrogen-bond donors (Lipinski definition) is 0. The van der Waals surface area contributed by atoms with Gasteiger partial charge in [-0.3, -0.25) is 0 Å². The van der Waals surface area contributed by atoms with Crippen molar-refractivity contribution in [1.82, 2.24) is 4.90 Å². The Bertz CT molecular complexity index is 314. The first-order valence-corrected chi connectivity index (χ1v) is 4.82. The highest BCUT2D eigenvalue weighted by Gasteiger charge is 2.35. The van der Waals surface area contributed by atoms with Crippen LogP contribution in [-0.4, -0.2) is 29.7 Å². The number of carbonyl (C=O) groups excluding carboxylic acids is 2. The Morgan fingerprint density at radius 3 is 2.25 bits per heavy atom. The molecule has 0 heterocycles. The van der Waals surface area contributed by atoms with E-state index in [1.807, 2.05) is 0 Å². The highest BCUT2D eigenvalue weighted by atomic mass is 16.6. The molecule has 0 aromatic heterocycles. The van der Waals surface area contributed by atoms with Gasteiger partial charge in [-0.05, 0) is 12.3 Å². The molecule has 1 atom stereocenters. The van der Waals surface area contributed by atoms with Crippen LogP contribution in [0.15, 0.2) is 0 Å². The fraction of sp³-hybridized carbons (Fsp3) is 0.700. The van der Waals surface area contributed by atoms with Crippen LogP contribution >= 0.6 is 0 Å². The molecule has 2 amide bonds. The molecule has 0 aromatic rings. The van der Waals surface area contributed by atoms with E-state index in [1.54, 1.807) is 33.8 Å². The van der Waals surface area contributed by atoms with Crippen LogP contribution in [0, 0.1) is 16.7 Å². The fourth-order valence-electron chi connectivity index (χ4n) is 1.12. The first-order chi connectivity index (χ1) is 7.25. The molecule has 0 fully saturated rings. The van der Waals surface area contributed by atoms with Crippen LogP contribution in [0.2, 0.25) is 0 Å². The summed E-state index contributed by atoms with van der Waals surface area (Å²) < 4.78 is 4.56. The minimum absolute atomic E-state index is 0.0326. The quantitative estimate of drug-likeness (QED) is 0.693. The zero-order valence-corrected chi connectivity index (χ0v) is 9.81. The molecule has 0 rings (SSSR count). The number of rotatable bonds is 2. The van der Waals surface area contributed by atoms with Gasteiger partial charge in [-0.15, -0.1) is 0 Å². The molecule has 0 aromatic carbocycles. The molecule has 0 aliphatic rings. The SMILES string of the molecule is CCOC(=O)N(C(=O)[O-])C(C#N)C(C)(C)C. The summed E-state index contributed by atoms with van der Waals surface area (Å²) in [5, 5.41) is 19.7. The maximum Gasteiger partial charge on any atom is 0.416 e. The number of imide groups is 1. The molecular weight excluding hydrogens is 212 g/mol. The van der Waals surface area contributed by atoms with Crippen LogP contribution in [0.5, 0.6) is 0 Å². The smallest absolute Gasteiger partial charge is 0.416 e. The number of nitriles is 1. The molecule has 0 saturated carbocycles. The van der Waals surface area contributed by atoms with E-state index in [0.29, 0.717) is 4.90 Å². The average molecular weight is 227 g/mol. The summed E-state index contributed by atoms with van der Waals surface area (Å²) in [5.41, 5.74) is -0.707. The van der Waals surface area contributed by atoms with Gasteiger partial charge in [0.1, 0.15) is 12.1 Å². The van der Waals surface area contributed by atoms with Crippen molar-refractivity contribution < 1.29 is 19.4 Å². The summed E-state index contributed by atoms with van der Waals surface area (Å²) >= 11 is 0. The van der Waals surface area contributed by atoms with Gasteiger partial charge in [-0.1, -0.05) is 20.8 Å². The van der Waals surface area contributed by atoms with E-state index in [-0.39, 0.29) is 6.61 Å². The van der Waals surface area contributed by atoms with Gasteiger partial charge in [0.05, 0.1) is 12.7 Å². The molecule has 0 bridgehead atoms.